The lowest BCUT2D eigenvalue weighted by Gasteiger charge is -2.31. The molecule has 0 aliphatic carbocycles. The molecule has 3 atom stereocenters. The predicted molar refractivity (Wildman–Crippen MR) is 151 cm³/mol. The summed E-state index contributed by atoms with van der Waals surface area (Å²) >= 11 is 0. The summed E-state index contributed by atoms with van der Waals surface area (Å²) in [5.74, 6) is 1.53. The fraction of sp³-hybridized carbons (Fsp3) is 0.594. The molecule has 0 spiro atoms. The first-order valence-electron chi connectivity index (χ1n) is 13.3. The van der Waals surface area contributed by atoms with Crippen LogP contribution in [0, 0.1) is 24.2 Å². The van der Waals surface area contributed by atoms with Crippen molar-refractivity contribution in [1.82, 2.24) is 0 Å². The molecule has 0 aromatic heterocycles. The van der Waals surface area contributed by atoms with Crippen LogP contribution < -0.4 is 0 Å². The van der Waals surface area contributed by atoms with Gasteiger partial charge in [0.05, 0.1) is 5.69 Å². The number of aryl methyl sites for hydroxylation is 2. The average Bonchev–Trinajstić information content (AvgIpc) is 2.76. The zero-order valence-corrected chi connectivity index (χ0v) is 22.8. The largest absolute Gasteiger partial charge is 0.260 e. The minimum absolute atomic E-state index is 0.105. The zero-order valence-electron chi connectivity index (χ0n) is 22.8. The molecular formula is C32H51N. The highest BCUT2D eigenvalue weighted by Crippen LogP contribution is 2.38. The third-order valence-electron chi connectivity index (χ3n) is 7.06. The van der Waals surface area contributed by atoms with Crippen molar-refractivity contribution in [2.24, 2.45) is 22.2 Å². The molecular weight excluding hydrogens is 398 g/mol. The minimum atomic E-state index is -0.105. The lowest BCUT2D eigenvalue weighted by Crippen LogP contribution is -2.23. The highest BCUT2D eigenvalue weighted by molar-refractivity contribution is 5.74. The van der Waals surface area contributed by atoms with E-state index in [0.717, 1.165) is 43.2 Å². The van der Waals surface area contributed by atoms with Crippen LogP contribution in [0.5, 0.6) is 0 Å². The first-order chi connectivity index (χ1) is 15.7. The summed E-state index contributed by atoms with van der Waals surface area (Å²) in [5, 5.41) is 0. The molecule has 1 aromatic rings. The van der Waals surface area contributed by atoms with Crippen LogP contribution in [0.25, 0.3) is 0 Å². The van der Waals surface area contributed by atoms with E-state index in [1.165, 1.54) is 54.4 Å². The van der Waals surface area contributed by atoms with Gasteiger partial charge in [0, 0.05) is 11.6 Å². The van der Waals surface area contributed by atoms with Crippen molar-refractivity contribution in [2.45, 2.75) is 106 Å². The molecule has 1 aromatic carbocycles. The van der Waals surface area contributed by atoms with Gasteiger partial charge in [-0.05, 0) is 75.8 Å². The van der Waals surface area contributed by atoms with Crippen LogP contribution >= 0.6 is 0 Å². The number of para-hydroxylation sites is 1. The second kappa shape index (κ2) is 15.1. The van der Waals surface area contributed by atoms with Crippen molar-refractivity contribution >= 4 is 11.9 Å². The number of hydrogen-bond donors (Lipinski definition) is 0. The van der Waals surface area contributed by atoms with Crippen LogP contribution in [-0.2, 0) is 6.42 Å². The van der Waals surface area contributed by atoms with Crippen LogP contribution in [0.4, 0.5) is 5.69 Å². The van der Waals surface area contributed by atoms with Gasteiger partial charge in [-0.2, -0.15) is 0 Å². The second-order valence-electron chi connectivity index (χ2n) is 10.5. The van der Waals surface area contributed by atoms with E-state index in [0.29, 0.717) is 0 Å². The first-order valence-corrected chi connectivity index (χ1v) is 13.3. The lowest BCUT2D eigenvalue weighted by atomic mass is 9.74. The third kappa shape index (κ3) is 10.3. The topological polar surface area (TPSA) is 12.4 Å². The van der Waals surface area contributed by atoms with E-state index in [1.54, 1.807) is 0 Å². The normalized spacial score (nSPS) is 15.6. The minimum Gasteiger partial charge on any atom is -0.260 e. The molecule has 1 heteroatoms. The Kier molecular flexibility index (Phi) is 13.3. The summed E-state index contributed by atoms with van der Waals surface area (Å²) in [6, 6.07) is 6.53. The van der Waals surface area contributed by atoms with E-state index in [4.69, 9.17) is 4.99 Å². The van der Waals surface area contributed by atoms with Gasteiger partial charge in [-0.15, -0.1) is 6.58 Å². The molecule has 0 aliphatic heterocycles. The second-order valence-corrected chi connectivity index (χ2v) is 10.5. The Hall–Kier alpha value is -1.89. The van der Waals surface area contributed by atoms with Crippen LogP contribution in [0.1, 0.15) is 104 Å². The van der Waals surface area contributed by atoms with Gasteiger partial charge < -0.3 is 0 Å². The molecule has 0 aliphatic rings. The Morgan fingerprint density at radius 2 is 1.82 bits per heavy atom. The molecule has 0 heterocycles. The van der Waals surface area contributed by atoms with Gasteiger partial charge in [0.1, 0.15) is 0 Å². The van der Waals surface area contributed by atoms with Crippen molar-refractivity contribution in [2.75, 3.05) is 0 Å². The average molecular weight is 450 g/mol. The highest BCUT2D eigenvalue weighted by atomic mass is 14.7. The van der Waals surface area contributed by atoms with E-state index in [-0.39, 0.29) is 5.41 Å². The van der Waals surface area contributed by atoms with Crippen molar-refractivity contribution in [3.8, 4) is 0 Å². The molecule has 0 amide bonds. The molecule has 3 unspecified atom stereocenters. The van der Waals surface area contributed by atoms with Crippen LogP contribution in [0.15, 0.2) is 59.6 Å². The van der Waals surface area contributed by atoms with Gasteiger partial charge >= 0.3 is 0 Å². The summed E-state index contributed by atoms with van der Waals surface area (Å²) in [4.78, 5) is 5.17. The number of allylic oxidation sites excluding steroid dienone is 4. The maximum absolute atomic E-state index is 5.17. The van der Waals surface area contributed by atoms with Crippen LogP contribution in [-0.4, -0.2) is 6.21 Å². The SMILES string of the molecule is C=C(C)C/C=C/C(C=Nc1c(C)cccc1CC)(CCC(CCCC)C(C)CC)CC(=C)C. The highest BCUT2D eigenvalue weighted by Gasteiger charge is 2.28. The Bertz CT molecular complexity index is 797. The molecule has 0 bridgehead atoms. The van der Waals surface area contributed by atoms with Gasteiger partial charge in [-0.3, -0.25) is 4.99 Å². The standard InChI is InChI=1S/C32H51N/c1-10-13-18-30(27(8)11-2)20-22-32(23-26(6)7,21-15-16-25(4)5)24-33-31-28(9)17-14-19-29(31)12-3/h14-15,17,19,21,24,27,30H,4,6,10-13,16,18,20,22-23H2,1-3,5,7-9H3/b21-15+,33-24?. The van der Waals surface area contributed by atoms with E-state index in [2.05, 4.69) is 98.2 Å². The zero-order chi connectivity index (χ0) is 24.9. The molecule has 0 radical (unpaired) electrons. The van der Waals surface area contributed by atoms with Gasteiger partial charge in [0.15, 0.2) is 0 Å². The smallest absolute Gasteiger partial charge is 0.0687 e. The van der Waals surface area contributed by atoms with Gasteiger partial charge in [-0.25, -0.2) is 0 Å². The molecule has 184 valence electrons. The number of rotatable bonds is 16. The summed E-state index contributed by atoms with van der Waals surface area (Å²) in [6.07, 6.45) is 17.4. The Morgan fingerprint density at radius 1 is 1.09 bits per heavy atom. The van der Waals surface area contributed by atoms with Crippen molar-refractivity contribution < 1.29 is 0 Å². The number of unbranched alkanes of at least 4 members (excludes halogenated alkanes) is 1. The summed E-state index contributed by atoms with van der Waals surface area (Å²) < 4.78 is 0. The maximum atomic E-state index is 5.17. The fourth-order valence-corrected chi connectivity index (χ4v) is 4.79. The molecule has 0 saturated carbocycles. The Labute approximate surface area is 206 Å². The number of hydrogen-bond acceptors (Lipinski definition) is 1. The summed E-state index contributed by atoms with van der Waals surface area (Å²) in [5.41, 5.74) is 6.02. The van der Waals surface area contributed by atoms with Crippen LogP contribution in [0.3, 0.4) is 0 Å². The van der Waals surface area contributed by atoms with Gasteiger partial charge in [-0.1, -0.05) is 101 Å². The van der Waals surface area contributed by atoms with Crippen LogP contribution in [0.2, 0.25) is 0 Å². The summed E-state index contributed by atoms with van der Waals surface area (Å²) in [7, 11) is 0. The number of aliphatic imine (C=N–C) groups is 1. The van der Waals surface area contributed by atoms with E-state index in [9.17, 15) is 0 Å². The number of benzene rings is 1. The molecule has 0 saturated heterocycles. The molecule has 33 heavy (non-hydrogen) atoms. The quantitative estimate of drug-likeness (QED) is 0.176. The predicted octanol–water partition coefficient (Wildman–Crippen LogP) is 10.4. The first kappa shape index (κ1) is 29.1. The third-order valence-corrected chi connectivity index (χ3v) is 7.06. The van der Waals surface area contributed by atoms with Crippen molar-refractivity contribution in [3.63, 3.8) is 0 Å². The Morgan fingerprint density at radius 3 is 2.39 bits per heavy atom. The van der Waals surface area contributed by atoms with Crippen molar-refractivity contribution in [1.29, 1.82) is 0 Å². The lowest BCUT2D eigenvalue weighted by molar-refractivity contribution is 0.272. The number of nitrogens with zero attached hydrogens (tertiary/aromatic N) is 1. The van der Waals surface area contributed by atoms with E-state index < -0.39 is 0 Å². The maximum Gasteiger partial charge on any atom is 0.0687 e. The van der Waals surface area contributed by atoms with Gasteiger partial charge in [0.2, 0.25) is 0 Å². The fourth-order valence-electron chi connectivity index (χ4n) is 4.79. The van der Waals surface area contributed by atoms with E-state index >= 15 is 0 Å². The molecule has 1 rings (SSSR count). The van der Waals surface area contributed by atoms with Gasteiger partial charge in [0.25, 0.3) is 0 Å². The van der Waals surface area contributed by atoms with E-state index in [1.807, 2.05) is 0 Å². The molecule has 1 nitrogen and oxygen atoms in total. The molecule has 0 fully saturated rings. The summed E-state index contributed by atoms with van der Waals surface area (Å²) in [6.45, 7) is 24.1. The Balaban J connectivity index is 3.39. The molecule has 0 N–H and O–H groups in total. The monoisotopic (exact) mass is 449 g/mol. The van der Waals surface area contributed by atoms with Crippen molar-refractivity contribution in [3.05, 3.63) is 65.8 Å².